The Labute approximate surface area is 219 Å². The van der Waals surface area contributed by atoms with E-state index >= 15 is 0 Å². The van der Waals surface area contributed by atoms with Gasteiger partial charge in [0, 0.05) is 43.4 Å². The SMILES string of the molecule is Cc1ccc(NCCCN2CC3CN(C(=O)c4cnn(-c5ccccc5)c4C(F)(F)F)CC3C2)cc1Cl. The number of hydrogen-bond donors (Lipinski definition) is 1. The average Bonchev–Trinajstić information content (AvgIpc) is 3.57. The van der Waals surface area contributed by atoms with Crippen molar-refractivity contribution in [2.24, 2.45) is 11.8 Å². The molecule has 0 saturated carbocycles. The summed E-state index contributed by atoms with van der Waals surface area (Å²) >= 11 is 6.18. The third kappa shape index (κ3) is 5.48. The fourth-order valence-electron chi connectivity index (χ4n) is 5.39. The van der Waals surface area contributed by atoms with Gasteiger partial charge in [-0.25, -0.2) is 4.68 Å². The molecular formula is C27H29ClF3N5O. The van der Waals surface area contributed by atoms with Gasteiger partial charge in [-0.05, 0) is 61.6 Å². The lowest BCUT2D eigenvalue weighted by Gasteiger charge is -2.22. The minimum Gasteiger partial charge on any atom is -0.385 e. The number of anilines is 1. The van der Waals surface area contributed by atoms with Crippen molar-refractivity contribution in [1.82, 2.24) is 19.6 Å². The number of carbonyl (C=O) groups is 1. The molecule has 1 amide bonds. The first-order chi connectivity index (χ1) is 17.7. The summed E-state index contributed by atoms with van der Waals surface area (Å²) in [5, 5.41) is 8.07. The van der Waals surface area contributed by atoms with E-state index < -0.39 is 23.3 Å². The Morgan fingerprint density at radius 1 is 1.08 bits per heavy atom. The fourth-order valence-corrected chi connectivity index (χ4v) is 5.57. The molecule has 1 N–H and O–H groups in total. The lowest BCUT2D eigenvalue weighted by Crippen LogP contribution is -2.34. The minimum atomic E-state index is -4.71. The van der Waals surface area contributed by atoms with Crippen LogP contribution < -0.4 is 5.32 Å². The van der Waals surface area contributed by atoms with Crippen LogP contribution in [0.15, 0.2) is 54.7 Å². The monoisotopic (exact) mass is 531 g/mol. The Balaban J connectivity index is 1.16. The van der Waals surface area contributed by atoms with Gasteiger partial charge < -0.3 is 15.1 Å². The maximum atomic E-state index is 14.0. The van der Waals surface area contributed by atoms with E-state index in [2.05, 4.69) is 15.3 Å². The quantitative estimate of drug-likeness (QED) is 0.417. The fraction of sp³-hybridized carbons (Fsp3) is 0.407. The van der Waals surface area contributed by atoms with Gasteiger partial charge in [-0.1, -0.05) is 35.9 Å². The van der Waals surface area contributed by atoms with Gasteiger partial charge in [0.2, 0.25) is 0 Å². The smallest absolute Gasteiger partial charge is 0.385 e. The molecule has 3 aromatic rings. The maximum Gasteiger partial charge on any atom is 0.434 e. The average molecular weight is 532 g/mol. The molecule has 0 radical (unpaired) electrons. The first kappa shape index (κ1) is 25.6. The first-order valence-electron chi connectivity index (χ1n) is 12.4. The molecule has 2 atom stereocenters. The number of aromatic nitrogens is 2. The van der Waals surface area contributed by atoms with E-state index in [-0.39, 0.29) is 17.5 Å². The topological polar surface area (TPSA) is 53.4 Å². The van der Waals surface area contributed by atoms with Gasteiger partial charge >= 0.3 is 6.18 Å². The molecule has 196 valence electrons. The summed E-state index contributed by atoms with van der Waals surface area (Å²) in [6, 6.07) is 14.0. The summed E-state index contributed by atoms with van der Waals surface area (Å²) in [6.07, 6.45) is -2.70. The molecular weight excluding hydrogens is 503 g/mol. The predicted octanol–water partition coefficient (Wildman–Crippen LogP) is 5.36. The van der Waals surface area contributed by atoms with E-state index in [1.807, 2.05) is 25.1 Å². The highest BCUT2D eigenvalue weighted by Gasteiger charge is 2.45. The normalized spacial score (nSPS) is 19.9. The van der Waals surface area contributed by atoms with Gasteiger partial charge in [0.1, 0.15) is 0 Å². The van der Waals surface area contributed by atoms with Crippen molar-refractivity contribution in [2.75, 3.05) is 44.6 Å². The zero-order chi connectivity index (χ0) is 26.2. The highest BCUT2D eigenvalue weighted by atomic mass is 35.5. The van der Waals surface area contributed by atoms with Crippen LogP contribution >= 0.6 is 11.6 Å². The number of amides is 1. The second-order valence-electron chi connectivity index (χ2n) is 9.89. The van der Waals surface area contributed by atoms with E-state index in [0.29, 0.717) is 13.1 Å². The summed E-state index contributed by atoms with van der Waals surface area (Å²) in [5.41, 5.74) is 0.892. The number of alkyl halides is 3. The summed E-state index contributed by atoms with van der Waals surface area (Å²) in [7, 11) is 0. The molecule has 2 aliphatic heterocycles. The molecule has 2 saturated heterocycles. The van der Waals surface area contributed by atoms with E-state index in [4.69, 9.17) is 11.6 Å². The number of likely N-dealkylation sites (tertiary alicyclic amines) is 2. The number of aryl methyl sites for hydroxylation is 1. The molecule has 2 aromatic carbocycles. The van der Waals surface area contributed by atoms with Crippen molar-refractivity contribution in [3.8, 4) is 5.69 Å². The van der Waals surface area contributed by atoms with Crippen molar-refractivity contribution in [1.29, 1.82) is 0 Å². The molecule has 0 spiro atoms. The third-order valence-corrected chi connectivity index (χ3v) is 7.68. The third-order valence-electron chi connectivity index (χ3n) is 7.27. The Morgan fingerprint density at radius 3 is 2.43 bits per heavy atom. The number of halogens is 4. The highest BCUT2D eigenvalue weighted by molar-refractivity contribution is 6.31. The number of fused-ring (bicyclic) bond motifs is 1. The minimum absolute atomic E-state index is 0.266. The molecule has 5 rings (SSSR count). The van der Waals surface area contributed by atoms with Crippen LogP contribution in [0.4, 0.5) is 18.9 Å². The second kappa shape index (κ2) is 10.4. The van der Waals surface area contributed by atoms with Crippen molar-refractivity contribution < 1.29 is 18.0 Å². The van der Waals surface area contributed by atoms with E-state index in [0.717, 1.165) is 59.8 Å². The molecule has 2 fully saturated rings. The highest BCUT2D eigenvalue weighted by Crippen LogP contribution is 2.36. The molecule has 37 heavy (non-hydrogen) atoms. The molecule has 2 aliphatic rings. The van der Waals surface area contributed by atoms with Gasteiger partial charge in [0.05, 0.1) is 17.4 Å². The van der Waals surface area contributed by atoms with Gasteiger partial charge in [-0.3, -0.25) is 4.79 Å². The molecule has 3 heterocycles. The molecule has 0 bridgehead atoms. The summed E-state index contributed by atoms with van der Waals surface area (Å²) in [4.78, 5) is 17.2. The Bertz CT molecular complexity index is 1250. The van der Waals surface area contributed by atoms with Gasteiger partial charge in [0.15, 0.2) is 5.69 Å². The number of nitrogens with one attached hydrogen (secondary N) is 1. The van der Waals surface area contributed by atoms with Crippen LogP contribution in [0.3, 0.4) is 0 Å². The molecule has 10 heteroatoms. The first-order valence-corrected chi connectivity index (χ1v) is 12.8. The number of rotatable bonds is 7. The molecule has 0 aliphatic carbocycles. The summed E-state index contributed by atoms with van der Waals surface area (Å²) in [6.45, 7) is 6.34. The Morgan fingerprint density at radius 2 is 1.78 bits per heavy atom. The van der Waals surface area contributed by atoms with Gasteiger partial charge in [-0.2, -0.15) is 18.3 Å². The molecule has 6 nitrogen and oxygen atoms in total. The van der Waals surface area contributed by atoms with Crippen LogP contribution in [0.2, 0.25) is 5.02 Å². The van der Waals surface area contributed by atoms with Crippen molar-refractivity contribution in [3.05, 3.63) is 76.6 Å². The number of para-hydroxylation sites is 1. The molecule has 2 unspecified atom stereocenters. The van der Waals surface area contributed by atoms with Crippen LogP contribution in [-0.4, -0.2) is 64.8 Å². The Hall–Kier alpha value is -3.04. The van der Waals surface area contributed by atoms with Crippen molar-refractivity contribution in [2.45, 2.75) is 19.5 Å². The van der Waals surface area contributed by atoms with E-state index in [1.54, 1.807) is 23.1 Å². The number of benzene rings is 2. The lowest BCUT2D eigenvalue weighted by atomic mass is 10.0. The van der Waals surface area contributed by atoms with E-state index in [9.17, 15) is 18.0 Å². The van der Waals surface area contributed by atoms with Crippen molar-refractivity contribution in [3.63, 3.8) is 0 Å². The van der Waals surface area contributed by atoms with Crippen LogP contribution in [0.25, 0.3) is 5.69 Å². The Kier molecular flexibility index (Phi) is 7.18. The number of hydrogen-bond acceptors (Lipinski definition) is 4. The van der Waals surface area contributed by atoms with Crippen molar-refractivity contribution >= 4 is 23.2 Å². The zero-order valence-corrected chi connectivity index (χ0v) is 21.3. The summed E-state index contributed by atoms with van der Waals surface area (Å²) < 4.78 is 42.8. The van der Waals surface area contributed by atoms with Crippen LogP contribution in [0, 0.1) is 18.8 Å². The molecule has 1 aromatic heterocycles. The van der Waals surface area contributed by atoms with E-state index in [1.165, 1.54) is 12.1 Å². The largest absolute Gasteiger partial charge is 0.434 e. The van der Waals surface area contributed by atoms with Gasteiger partial charge in [0.25, 0.3) is 5.91 Å². The maximum absolute atomic E-state index is 14.0. The number of carbonyl (C=O) groups excluding carboxylic acids is 1. The van der Waals surface area contributed by atoms with Crippen LogP contribution in [-0.2, 0) is 6.18 Å². The van der Waals surface area contributed by atoms with Crippen LogP contribution in [0.5, 0.6) is 0 Å². The standard InChI is InChI=1S/C27H29ClF3N5O/c1-18-8-9-21(12-24(18)28)32-10-5-11-34-14-19-16-35(17-20(19)15-34)26(37)23-13-33-36(25(23)27(29,30)31)22-6-3-2-4-7-22/h2-4,6-9,12-13,19-20,32H,5,10-11,14-17H2,1H3. The number of nitrogens with zero attached hydrogens (tertiary/aromatic N) is 4. The second-order valence-corrected chi connectivity index (χ2v) is 10.3. The van der Waals surface area contributed by atoms with Crippen LogP contribution in [0.1, 0.15) is 28.0 Å². The zero-order valence-electron chi connectivity index (χ0n) is 20.5. The predicted molar refractivity (Wildman–Crippen MR) is 137 cm³/mol. The van der Waals surface area contributed by atoms with Gasteiger partial charge in [-0.15, -0.1) is 0 Å². The summed E-state index contributed by atoms with van der Waals surface area (Å²) in [5.74, 6) is -0.0611. The lowest BCUT2D eigenvalue weighted by molar-refractivity contribution is -0.143.